The van der Waals surface area contributed by atoms with Crippen LogP contribution in [0.1, 0.15) is 36.7 Å². The number of benzene rings is 2. The zero-order valence-electron chi connectivity index (χ0n) is 17.2. The molecule has 0 aliphatic carbocycles. The molecule has 0 heterocycles. The summed E-state index contributed by atoms with van der Waals surface area (Å²) < 4.78 is 35.9. The molecule has 30 heavy (non-hydrogen) atoms. The van der Waals surface area contributed by atoms with Crippen LogP contribution in [0, 0.1) is 12.8 Å². The van der Waals surface area contributed by atoms with Crippen molar-refractivity contribution >= 4 is 27.6 Å². The summed E-state index contributed by atoms with van der Waals surface area (Å²) in [6.45, 7) is 5.78. The molecule has 0 unspecified atom stereocenters. The molecular weight excluding hydrogens is 408 g/mol. The molecule has 0 fully saturated rings. The fraction of sp³-hybridized carbons (Fsp3) is 0.318. The maximum atomic E-state index is 13.1. The van der Waals surface area contributed by atoms with Gasteiger partial charge in [0, 0.05) is 19.4 Å². The number of carbonyl (C=O) groups is 3. The molecule has 0 spiro atoms. The van der Waals surface area contributed by atoms with Crippen LogP contribution < -0.4 is 4.74 Å². The molecule has 2 rings (SSSR count). The van der Waals surface area contributed by atoms with Crippen LogP contribution in [0.5, 0.6) is 5.75 Å². The minimum Gasteiger partial charge on any atom is -0.462 e. The first-order valence-corrected chi connectivity index (χ1v) is 10.9. The first-order chi connectivity index (χ1) is 14.0. The average molecular weight is 432 g/mol. The van der Waals surface area contributed by atoms with Crippen LogP contribution in [0.2, 0.25) is 0 Å². The third kappa shape index (κ3) is 6.25. The van der Waals surface area contributed by atoms with Gasteiger partial charge in [-0.2, -0.15) is 0 Å². The Bertz CT molecular complexity index is 1020. The second-order valence-electron chi connectivity index (χ2n) is 7.00. The van der Waals surface area contributed by atoms with Crippen molar-refractivity contribution in [1.82, 2.24) is 0 Å². The van der Waals surface area contributed by atoms with Gasteiger partial charge in [0.05, 0.1) is 16.6 Å². The van der Waals surface area contributed by atoms with Gasteiger partial charge in [-0.15, -0.1) is 0 Å². The van der Waals surface area contributed by atoms with Gasteiger partial charge >= 0.3 is 11.9 Å². The zero-order chi connectivity index (χ0) is 22.5. The topological polar surface area (TPSA) is 104 Å². The van der Waals surface area contributed by atoms with E-state index in [-0.39, 0.29) is 16.2 Å². The van der Waals surface area contributed by atoms with E-state index in [4.69, 9.17) is 9.47 Å². The van der Waals surface area contributed by atoms with Gasteiger partial charge in [-0.25, -0.2) is 8.42 Å². The van der Waals surface area contributed by atoms with Crippen LogP contribution in [-0.2, 0) is 24.2 Å². The van der Waals surface area contributed by atoms with E-state index in [0.29, 0.717) is 0 Å². The third-order valence-electron chi connectivity index (χ3n) is 4.43. The second-order valence-corrected chi connectivity index (χ2v) is 9.03. The van der Waals surface area contributed by atoms with Gasteiger partial charge in [0.2, 0.25) is 0 Å². The van der Waals surface area contributed by atoms with Crippen molar-refractivity contribution in [2.45, 2.75) is 38.7 Å². The summed E-state index contributed by atoms with van der Waals surface area (Å²) in [5, 5.41) is 0. The molecule has 2 aromatic carbocycles. The number of rotatable bonds is 8. The molecule has 0 N–H and O–H groups in total. The fourth-order valence-corrected chi connectivity index (χ4v) is 4.55. The Balaban J connectivity index is 2.34. The van der Waals surface area contributed by atoms with Gasteiger partial charge in [-0.05, 0) is 50.2 Å². The van der Waals surface area contributed by atoms with Crippen LogP contribution in [0.25, 0.3) is 0 Å². The summed E-state index contributed by atoms with van der Waals surface area (Å²) in [5.74, 6) is -2.97. The van der Waals surface area contributed by atoms with E-state index in [1.54, 1.807) is 12.1 Å². The van der Waals surface area contributed by atoms with E-state index in [9.17, 15) is 22.8 Å². The van der Waals surface area contributed by atoms with Crippen molar-refractivity contribution in [2.24, 2.45) is 5.92 Å². The smallest absolute Gasteiger partial charge is 0.308 e. The molecule has 0 aliphatic heterocycles. The molecular formula is C22H24O7S. The van der Waals surface area contributed by atoms with E-state index in [1.807, 2.05) is 6.92 Å². The SMILES string of the molecule is CC(=O)Oc1ccc(C(=O)[C@@H](CS(=O)(=O)c2ccc(C)cc2)[C@@H](C)OC(C)=O)cc1. The molecule has 0 bridgehead atoms. The third-order valence-corrected chi connectivity index (χ3v) is 6.22. The minimum absolute atomic E-state index is 0.0890. The Morgan fingerprint density at radius 1 is 0.900 bits per heavy atom. The van der Waals surface area contributed by atoms with Crippen molar-refractivity contribution in [3.63, 3.8) is 0 Å². The second kappa shape index (κ2) is 9.67. The van der Waals surface area contributed by atoms with Crippen molar-refractivity contribution in [1.29, 1.82) is 0 Å². The number of ketones is 1. The molecule has 0 aromatic heterocycles. The number of carbonyl (C=O) groups excluding carboxylic acids is 3. The number of sulfone groups is 1. The molecule has 7 nitrogen and oxygen atoms in total. The largest absolute Gasteiger partial charge is 0.462 e. The van der Waals surface area contributed by atoms with E-state index < -0.39 is 45.3 Å². The number of hydrogen-bond acceptors (Lipinski definition) is 7. The first kappa shape index (κ1) is 23.3. The lowest BCUT2D eigenvalue weighted by molar-refractivity contribution is -0.146. The van der Waals surface area contributed by atoms with Gasteiger partial charge in [0.1, 0.15) is 11.9 Å². The Morgan fingerprint density at radius 3 is 1.97 bits per heavy atom. The van der Waals surface area contributed by atoms with Crippen LogP contribution in [0.15, 0.2) is 53.4 Å². The molecule has 160 valence electrons. The minimum atomic E-state index is -3.82. The molecule has 2 aromatic rings. The van der Waals surface area contributed by atoms with Gasteiger partial charge in [0.15, 0.2) is 15.6 Å². The van der Waals surface area contributed by atoms with Crippen molar-refractivity contribution in [3.05, 3.63) is 59.7 Å². The van der Waals surface area contributed by atoms with E-state index >= 15 is 0 Å². The Labute approximate surface area is 175 Å². The summed E-state index contributed by atoms with van der Waals surface area (Å²) in [5.41, 5.74) is 1.12. The molecule has 0 aliphatic rings. The predicted octanol–water partition coefficient (Wildman–Crippen LogP) is 3.14. The maximum Gasteiger partial charge on any atom is 0.308 e. The van der Waals surface area contributed by atoms with Crippen LogP contribution in [0.4, 0.5) is 0 Å². The lowest BCUT2D eigenvalue weighted by atomic mass is 9.94. The zero-order valence-corrected chi connectivity index (χ0v) is 18.1. The van der Waals surface area contributed by atoms with Gasteiger partial charge < -0.3 is 9.47 Å². The highest BCUT2D eigenvalue weighted by Gasteiger charge is 2.33. The van der Waals surface area contributed by atoms with Crippen LogP contribution in [-0.4, -0.2) is 38.0 Å². The van der Waals surface area contributed by atoms with Crippen molar-refractivity contribution < 1.29 is 32.3 Å². The lowest BCUT2D eigenvalue weighted by Gasteiger charge is -2.23. The van der Waals surface area contributed by atoms with Crippen molar-refractivity contribution in [2.75, 3.05) is 5.75 Å². The number of esters is 2. The lowest BCUT2D eigenvalue weighted by Crippen LogP contribution is -2.35. The highest BCUT2D eigenvalue weighted by atomic mass is 32.2. The number of aryl methyl sites for hydroxylation is 1. The van der Waals surface area contributed by atoms with Crippen LogP contribution in [0.3, 0.4) is 0 Å². The van der Waals surface area contributed by atoms with E-state index in [0.717, 1.165) is 5.56 Å². The fourth-order valence-electron chi connectivity index (χ4n) is 2.91. The predicted molar refractivity (Wildman–Crippen MR) is 110 cm³/mol. The Kier molecular flexibility index (Phi) is 7.50. The maximum absolute atomic E-state index is 13.1. The van der Waals surface area contributed by atoms with Gasteiger partial charge in [-0.3, -0.25) is 14.4 Å². The summed E-state index contributed by atoms with van der Waals surface area (Å²) in [6, 6.07) is 12.1. The molecule has 0 saturated heterocycles. The standard InChI is InChI=1S/C22H24O7S/c1-14-5-11-20(12-6-14)30(26,27)13-21(15(2)28-16(3)23)22(25)18-7-9-19(10-8-18)29-17(4)24/h5-12,15,21H,13H2,1-4H3/t15-,21+/m1/s1. The van der Waals surface area contributed by atoms with Crippen LogP contribution >= 0.6 is 0 Å². The molecule has 2 atom stereocenters. The van der Waals surface area contributed by atoms with Gasteiger partial charge in [-0.1, -0.05) is 17.7 Å². The quantitative estimate of drug-likeness (QED) is 0.358. The summed E-state index contributed by atoms with van der Waals surface area (Å²) >= 11 is 0. The molecule has 0 saturated carbocycles. The van der Waals surface area contributed by atoms with E-state index in [2.05, 4.69) is 0 Å². The highest BCUT2D eigenvalue weighted by molar-refractivity contribution is 7.91. The summed E-state index contributed by atoms with van der Waals surface area (Å²) in [7, 11) is -3.82. The van der Waals surface area contributed by atoms with Gasteiger partial charge in [0.25, 0.3) is 0 Å². The average Bonchev–Trinajstić information content (AvgIpc) is 2.65. The Morgan fingerprint density at radius 2 is 1.47 bits per heavy atom. The number of ether oxygens (including phenoxy) is 2. The van der Waals surface area contributed by atoms with Crippen molar-refractivity contribution in [3.8, 4) is 5.75 Å². The highest BCUT2D eigenvalue weighted by Crippen LogP contribution is 2.23. The first-order valence-electron chi connectivity index (χ1n) is 9.29. The van der Waals surface area contributed by atoms with E-state index in [1.165, 1.54) is 57.2 Å². The molecule has 0 radical (unpaired) electrons. The number of hydrogen-bond donors (Lipinski definition) is 0. The normalized spacial score (nSPS) is 13.2. The Hall–Kier alpha value is -3.00. The summed E-state index contributed by atoms with van der Waals surface area (Å²) in [6.07, 6.45) is -0.955. The molecule has 8 heteroatoms. The summed E-state index contributed by atoms with van der Waals surface area (Å²) in [4.78, 5) is 35.6. The molecule has 0 amide bonds. The monoisotopic (exact) mass is 432 g/mol. The number of Topliss-reactive ketones (excluding diaryl/α,β-unsaturated/α-hetero) is 1.